The fourth-order valence-electron chi connectivity index (χ4n) is 1.97. The fraction of sp³-hybridized carbons (Fsp3) is 0.778. The van der Waals surface area contributed by atoms with Gasteiger partial charge in [0.15, 0.2) is 0 Å². The van der Waals surface area contributed by atoms with Gasteiger partial charge in [-0.2, -0.15) is 0 Å². The zero-order valence-corrected chi connectivity index (χ0v) is 7.88. The molecule has 1 aliphatic rings. The number of hydrogen-bond donors (Lipinski definition) is 2. The number of primary amides is 1. The fourth-order valence-corrected chi connectivity index (χ4v) is 1.97. The van der Waals surface area contributed by atoms with E-state index in [-0.39, 0.29) is 11.3 Å². The molecule has 0 aliphatic heterocycles. The molecule has 1 rings (SSSR count). The van der Waals surface area contributed by atoms with Crippen LogP contribution in [0, 0.1) is 11.3 Å². The van der Waals surface area contributed by atoms with Crippen molar-refractivity contribution in [2.45, 2.75) is 26.2 Å². The zero-order chi connectivity index (χ0) is 9.90. The molecule has 3 N–H and O–H groups in total. The van der Waals surface area contributed by atoms with Crippen molar-refractivity contribution in [1.82, 2.24) is 5.32 Å². The lowest BCUT2D eigenvalue weighted by molar-refractivity contribution is -0.134. The van der Waals surface area contributed by atoms with E-state index in [0.29, 0.717) is 18.9 Å². The molecule has 0 radical (unpaired) electrons. The third-order valence-electron chi connectivity index (χ3n) is 2.85. The van der Waals surface area contributed by atoms with Gasteiger partial charge in [0.1, 0.15) is 0 Å². The smallest absolute Gasteiger partial charge is 0.223 e. The Morgan fingerprint density at radius 2 is 2.31 bits per heavy atom. The van der Waals surface area contributed by atoms with Gasteiger partial charge < -0.3 is 11.1 Å². The molecule has 0 saturated heterocycles. The van der Waals surface area contributed by atoms with Crippen molar-refractivity contribution >= 4 is 12.3 Å². The molecule has 0 aromatic rings. The second-order valence-electron chi connectivity index (χ2n) is 4.06. The molecule has 1 aliphatic carbocycles. The minimum absolute atomic E-state index is 0.202. The standard InChI is InChI=1S/C9H16N2O2/c1-9(8(10)13)4-7(5-9)2-3-11-6-12/h6-7H,2-5H2,1H3,(H2,10,13)(H,11,12). The maximum absolute atomic E-state index is 10.9. The van der Waals surface area contributed by atoms with Crippen LogP contribution in [0.2, 0.25) is 0 Å². The molecule has 4 heteroatoms. The lowest BCUT2D eigenvalue weighted by Crippen LogP contribution is -2.45. The summed E-state index contributed by atoms with van der Waals surface area (Å²) >= 11 is 0. The van der Waals surface area contributed by atoms with Crippen molar-refractivity contribution in [2.24, 2.45) is 17.1 Å². The Balaban J connectivity index is 2.17. The van der Waals surface area contributed by atoms with Crippen molar-refractivity contribution in [2.75, 3.05) is 6.54 Å². The number of amides is 2. The highest BCUT2D eigenvalue weighted by atomic mass is 16.1. The number of nitrogens with two attached hydrogens (primary N) is 1. The van der Waals surface area contributed by atoms with Gasteiger partial charge in [-0.05, 0) is 25.2 Å². The van der Waals surface area contributed by atoms with Crippen molar-refractivity contribution in [1.29, 1.82) is 0 Å². The van der Waals surface area contributed by atoms with E-state index in [9.17, 15) is 9.59 Å². The van der Waals surface area contributed by atoms with Crippen LogP contribution in [0.4, 0.5) is 0 Å². The SMILES string of the molecule is CC1(C(N)=O)CC(CCNC=O)C1. The number of rotatable bonds is 5. The maximum Gasteiger partial charge on any atom is 0.223 e. The second-order valence-corrected chi connectivity index (χ2v) is 4.06. The summed E-state index contributed by atoms with van der Waals surface area (Å²) in [4.78, 5) is 20.9. The highest BCUT2D eigenvalue weighted by Gasteiger charge is 2.44. The summed E-state index contributed by atoms with van der Waals surface area (Å²) in [6, 6.07) is 0. The maximum atomic E-state index is 10.9. The van der Waals surface area contributed by atoms with Crippen LogP contribution in [0.25, 0.3) is 0 Å². The molecule has 0 heterocycles. The summed E-state index contributed by atoms with van der Waals surface area (Å²) in [7, 11) is 0. The van der Waals surface area contributed by atoms with E-state index >= 15 is 0 Å². The van der Waals surface area contributed by atoms with E-state index in [1.54, 1.807) is 0 Å². The summed E-state index contributed by atoms with van der Waals surface area (Å²) in [5.41, 5.74) is 4.95. The molecule has 1 saturated carbocycles. The van der Waals surface area contributed by atoms with Gasteiger partial charge in [0, 0.05) is 12.0 Å². The van der Waals surface area contributed by atoms with Crippen LogP contribution in [0.5, 0.6) is 0 Å². The molecular weight excluding hydrogens is 168 g/mol. The Hall–Kier alpha value is -1.06. The molecule has 0 atom stereocenters. The Morgan fingerprint density at radius 3 is 2.77 bits per heavy atom. The normalized spacial score (nSPS) is 31.9. The summed E-state index contributed by atoms with van der Waals surface area (Å²) in [6.45, 7) is 2.60. The van der Waals surface area contributed by atoms with Crippen LogP contribution in [0.1, 0.15) is 26.2 Å². The van der Waals surface area contributed by atoms with Gasteiger partial charge in [-0.3, -0.25) is 9.59 Å². The van der Waals surface area contributed by atoms with Gasteiger partial charge >= 0.3 is 0 Å². The summed E-state index contributed by atoms with van der Waals surface area (Å²) in [6.07, 6.45) is 3.37. The summed E-state index contributed by atoms with van der Waals surface area (Å²) in [5.74, 6) is 0.344. The summed E-state index contributed by atoms with van der Waals surface area (Å²) < 4.78 is 0. The van der Waals surface area contributed by atoms with Crippen molar-refractivity contribution in [3.05, 3.63) is 0 Å². The third-order valence-corrected chi connectivity index (χ3v) is 2.85. The average molecular weight is 184 g/mol. The van der Waals surface area contributed by atoms with Gasteiger partial charge in [-0.15, -0.1) is 0 Å². The Labute approximate surface area is 77.9 Å². The second kappa shape index (κ2) is 3.77. The van der Waals surface area contributed by atoms with Crippen molar-refractivity contribution in [3.63, 3.8) is 0 Å². The number of carbonyl (C=O) groups is 2. The van der Waals surface area contributed by atoms with Crippen LogP contribution < -0.4 is 11.1 Å². The first-order valence-electron chi connectivity index (χ1n) is 4.55. The predicted octanol–water partition coefficient (Wildman–Crippen LogP) is 0.0241. The predicted molar refractivity (Wildman–Crippen MR) is 48.7 cm³/mol. The van der Waals surface area contributed by atoms with Crippen LogP contribution >= 0.6 is 0 Å². The van der Waals surface area contributed by atoms with E-state index < -0.39 is 0 Å². The molecule has 4 nitrogen and oxygen atoms in total. The van der Waals surface area contributed by atoms with Gasteiger partial charge in [0.25, 0.3) is 0 Å². The minimum Gasteiger partial charge on any atom is -0.369 e. The molecule has 2 amide bonds. The lowest BCUT2D eigenvalue weighted by atomic mass is 9.62. The Morgan fingerprint density at radius 1 is 1.69 bits per heavy atom. The molecule has 0 aromatic carbocycles. The van der Waals surface area contributed by atoms with E-state index in [1.165, 1.54) is 0 Å². The monoisotopic (exact) mass is 184 g/mol. The van der Waals surface area contributed by atoms with Crippen LogP contribution in [0.3, 0.4) is 0 Å². The molecular formula is C9H16N2O2. The molecule has 74 valence electrons. The van der Waals surface area contributed by atoms with E-state index in [0.717, 1.165) is 19.3 Å². The van der Waals surface area contributed by atoms with Crippen LogP contribution in [0.15, 0.2) is 0 Å². The van der Waals surface area contributed by atoms with Gasteiger partial charge in [-0.25, -0.2) is 0 Å². The lowest BCUT2D eigenvalue weighted by Gasteiger charge is -2.42. The van der Waals surface area contributed by atoms with E-state index in [1.807, 2.05) is 6.92 Å². The largest absolute Gasteiger partial charge is 0.369 e. The van der Waals surface area contributed by atoms with Gasteiger partial charge in [0.05, 0.1) is 0 Å². The van der Waals surface area contributed by atoms with Crippen LogP contribution in [-0.2, 0) is 9.59 Å². The van der Waals surface area contributed by atoms with E-state index in [4.69, 9.17) is 5.73 Å². The van der Waals surface area contributed by atoms with E-state index in [2.05, 4.69) is 5.32 Å². The first-order valence-corrected chi connectivity index (χ1v) is 4.55. The van der Waals surface area contributed by atoms with Crippen LogP contribution in [-0.4, -0.2) is 18.9 Å². The van der Waals surface area contributed by atoms with Crippen molar-refractivity contribution in [3.8, 4) is 0 Å². The Kier molecular flexibility index (Phi) is 2.90. The Bertz CT molecular complexity index is 210. The molecule has 0 aromatic heterocycles. The first-order chi connectivity index (χ1) is 6.08. The summed E-state index contributed by atoms with van der Waals surface area (Å²) in [5, 5.41) is 2.61. The number of nitrogens with one attached hydrogen (secondary N) is 1. The first kappa shape index (κ1) is 10.0. The van der Waals surface area contributed by atoms with Gasteiger partial charge in [-0.1, -0.05) is 6.92 Å². The molecule has 13 heavy (non-hydrogen) atoms. The zero-order valence-electron chi connectivity index (χ0n) is 7.88. The molecule has 1 fully saturated rings. The highest BCUT2D eigenvalue weighted by molar-refractivity contribution is 5.81. The number of hydrogen-bond acceptors (Lipinski definition) is 2. The third kappa shape index (κ3) is 2.20. The molecule has 0 bridgehead atoms. The molecule has 0 unspecified atom stereocenters. The quantitative estimate of drug-likeness (QED) is 0.467. The van der Waals surface area contributed by atoms with Crippen molar-refractivity contribution < 1.29 is 9.59 Å². The van der Waals surface area contributed by atoms with Gasteiger partial charge in [0.2, 0.25) is 12.3 Å². The topological polar surface area (TPSA) is 72.2 Å². The highest BCUT2D eigenvalue weighted by Crippen LogP contribution is 2.46. The number of carbonyl (C=O) groups excluding carboxylic acids is 2. The minimum atomic E-state index is -0.286. The average Bonchev–Trinajstić information content (AvgIpc) is 2.01. The molecule has 0 spiro atoms.